The molecule has 0 radical (unpaired) electrons. The highest BCUT2D eigenvalue weighted by Gasteiger charge is 2.07. The Hall–Kier alpha value is -2.04. The number of hydrogen-bond donors (Lipinski definition) is 2. The molecule has 0 aromatic heterocycles. The van der Waals surface area contributed by atoms with Crippen molar-refractivity contribution in [1.82, 2.24) is 10.6 Å². The first-order valence-corrected chi connectivity index (χ1v) is 6.23. The molecule has 0 unspecified atom stereocenters. The zero-order chi connectivity index (χ0) is 14.3. The maximum absolute atomic E-state index is 11.5. The molecule has 0 aliphatic heterocycles. The molecule has 104 valence electrons. The van der Waals surface area contributed by atoms with E-state index in [0.717, 1.165) is 5.56 Å². The van der Waals surface area contributed by atoms with Gasteiger partial charge in [0.15, 0.2) is 6.61 Å². The fraction of sp³-hybridized carbons (Fsp3) is 0.429. The highest BCUT2D eigenvalue weighted by atomic mass is 16.5. The van der Waals surface area contributed by atoms with Gasteiger partial charge in [-0.05, 0) is 32.4 Å². The van der Waals surface area contributed by atoms with Crippen LogP contribution in [0.25, 0.3) is 0 Å². The second kappa shape index (κ2) is 7.41. The minimum absolute atomic E-state index is 0.0336. The van der Waals surface area contributed by atoms with Crippen molar-refractivity contribution in [1.29, 1.82) is 0 Å². The topological polar surface area (TPSA) is 67.4 Å². The van der Waals surface area contributed by atoms with Gasteiger partial charge in [0.2, 0.25) is 5.91 Å². The number of ether oxygens (including phenoxy) is 1. The molecule has 0 atom stereocenters. The van der Waals surface area contributed by atoms with Crippen molar-refractivity contribution in [2.45, 2.75) is 26.8 Å². The van der Waals surface area contributed by atoms with Gasteiger partial charge in [-0.2, -0.15) is 0 Å². The van der Waals surface area contributed by atoms with Crippen molar-refractivity contribution in [3.05, 3.63) is 29.8 Å². The summed E-state index contributed by atoms with van der Waals surface area (Å²) in [6.07, 6.45) is 0. The Morgan fingerprint density at radius 3 is 2.53 bits per heavy atom. The van der Waals surface area contributed by atoms with Crippen LogP contribution in [0.2, 0.25) is 0 Å². The Morgan fingerprint density at radius 1 is 1.21 bits per heavy atom. The lowest BCUT2D eigenvalue weighted by molar-refractivity contribution is -0.127. The summed E-state index contributed by atoms with van der Waals surface area (Å²) in [5, 5.41) is 5.19. The Bertz CT molecular complexity index is 444. The van der Waals surface area contributed by atoms with Crippen LogP contribution in [0, 0.1) is 6.92 Å². The molecule has 19 heavy (non-hydrogen) atoms. The maximum atomic E-state index is 11.5. The number of amides is 2. The predicted molar refractivity (Wildman–Crippen MR) is 73.0 cm³/mol. The number of benzene rings is 1. The average Bonchev–Trinajstić information content (AvgIpc) is 2.34. The number of nitrogens with one attached hydrogen (secondary N) is 2. The minimum atomic E-state index is -0.317. The van der Waals surface area contributed by atoms with E-state index in [2.05, 4.69) is 10.6 Å². The van der Waals surface area contributed by atoms with E-state index in [1.54, 1.807) is 6.07 Å². The molecule has 2 N–H and O–H groups in total. The Balaban J connectivity index is 2.29. The summed E-state index contributed by atoms with van der Waals surface area (Å²) >= 11 is 0. The Kier molecular flexibility index (Phi) is 5.85. The molecule has 2 amide bonds. The van der Waals surface area contributed by atoms with Crippen molar-refractivity contribution in [2.75, 3.05) is 13.2 Å². The first-order valence-electron chi connectivity index (χ1n) is 6.23. The van der Waals surface area contributed by atoms with E-state index in [0.29, 0.717) is 5.75 Å². The molecule has 5 nitrogen and oxygen atoms in total. The number of hydrogen-bond acceptors (Lipinski definition) is 3. The van der Waals surface area contributed by atoms with Gasteiger partial charge in [0.05, 0.1) is 6.54 Å². The monoisotopic (exact) mass is 264 g/mol. The molecule has 0 aliphatic carbocycles. The molecule has 5 heteroatoms. The molecule has 0 heterocycles. The largest absolute Gasteiger partial charge is 0.484 e. The van der Waals surface area contributed by atoms with Crippen LogP contribution >= 0.6 is 0 Å². The molecule has 0 aliphatic rings. The molecular weight excluding hydrogens is 244 g/mol. The SMILES string of the molecule is Cc1ccccc1OCC(=O)NCC(=O)NC(C)C. The van der Waals surface area contributed by atoms with Gasteiger partial charge < -0.3 is 15.4 Å². The van der Waals surface area contributed by atoms with Crippen LogP contribution in [0.4, 0.5) is 0 Å². The molecule has 1 aromatic carbocycles. The van der Waals surface area contributed by atoms with E-state index in [-0.39, 0.29) is 31.0 Å². The van der Waals surface area contributed by atoms with Gasteiger partial charge in [-0.15, -0.1) is 0 Å². The van der Waals surface area contributed by atoms with Gasteiger partial charge in [-0.25, -0.2) is 0 Å². The summed E-state index contributed by atoms with van der Waals surface area (Å²) in [4.78, 5) is 22.8. The molecule has 0 spiro atoms. The smallest absolute Gasteiger partial charge is 0.258 e. The first-order chi connectivity index (χ1) is 8.99. The van der Waals surface area contributed by atoms with E-state index in [4.69, 9.17) is 4.74 Å². The quantitative estimate of drug-likeness (QED) is 0.806. The fourth-order valence-electron chi connectivity index (χ4n) is 1.46. The van der Waals surface area contributed by atoms with E-state index in [1.165, 1.54) is 0 Å². The van der Waals surface area contributed by atoms with Gasteiger partial charge in [-0.3, -0.25) is 9.59 Å². The average molecular weight is 264 g/mol. The number of rotatable bonds is 6. The van der Waals surface area contributed by atoms with Crippen LogP contribution in [0.15, 0.2) is 24.3 Å². The molecule has 0 saturated carbocycles. The molecular formula is C14H20N2O3. The van der Waals surface area contributed by atoms with E-state index in [1.807, 2.05) is 39.0 Å². The highest BCUT2D eigenvalue weighted by molar-refractivity contribution is 5.85. The molecule has 0 fully saturated rings. The Morgan fingerprint density at radius 2 is 1.89 bits per heavy atom. The zero-order valence-corrected chi connectivity index (χ0v) is 11.5. The second-order valence-corrected chi connectivity index (χ2v) is 4.55. The molecule has 0 saturated heterocycles. The van der Waals surface area contributed by atoms with Gasteiger partial charge >= 0.3 is 0 Å². The van der Waals surface area contributed by atoms with Crippen molar-refractivity contribution in [3.8, 4) is 5.75 Å². The highest BCUT2D eigenvalue weighted by Crippen LogP contribution is 2.15. The van der Waals surface area contributed by atoms with Crippen molar-refractivity contribution < 1.29 is 14.3 Å². The van der Waals surface area contributed by atoms with Crippen LogP contribution in [0.1, 0.15) is 19.4 Å². The van der Waals surface area contributed by atoms with Crippen LogP contribution in [-0.2, 0) is 9.59 Å². The van der Waals surface area contributed by atoms with Crippen molar-refractivity contribution >= 4 is 11.8 Å². The van der Waals surface area contributed by atoms with Crippen LogP contribution in [0.5, 0.6) is 5.75 Å². The van der Waals surface area contributed by atoms with Crippen LogP contribution in [-0.4, -0.2) is 31.0 Å². The lowest BCUT2D eigenvalue weighted by atomic mass is 10.2. The van der Waals surface area contributed by atoms with Gasteiger partial charge in [0.25, 0.3) is 5.91 Å². The summed E-state index contributed by atoms with van der Waals surface area (Å²) < 4.78 is 5.37. The number of carbonyl (C=O) groups is 2. The normalized spacial score (nSPS) is 10.1. The van der Waals surface area contributed by atoms with E-state index in [9.17, 15) is 9.59 Å². The van der Waals surface area contributed by atoms with Crippen molar-refractivity contribution in [2.24, 2.45) is 0 Å². The number of aryl methyl sites for hydroxylation is 1. The fourth-order valence-corrected chi connectivity index (χ4v) is 1.46. The molecule has 1 rings (SSSR count). The standard InChI is InChI=1S/C14H20N2O3/c1-10(2)16-13(17)8-15-14(18)9-19-12-7-5-4-6-11(12)3/h4-7,10H,8-9H2,1-3H3,(H,15,18)(H,16,17). The molecule has 0 bridgehead atoms. The maximum Gasteiger partial charge on any atom is 0.258 e. The minimum Gasteiger partial charge on any atom is -0.484 e. The zero-order valence-electron chi connectivity index (χ0n) is 11.5. The summed E-state index contributed by atoms with van der Waals surface area (Å²) in [5.41, 5.74) is 0.966. The van der Waals surface area contributed by atoms with Crippen LogP contribution in [0.3, 0.4) is 0 Å². The third kappa shape index (κ3) is 5.90. The summed E-state index contributed by atoms with van der Waals surface area (Å²) in [7, 11) is 0. The summed E-state index contributed by atoms with van der Waals surface area (Å²) in [6.45, 7) is 5.50. The van der Waals surface area contributed by atoms with E-state index < -0.39 is 0 Å². The Labute approximate surface area is 113 Å². The van der Waals surface area contributed by atoms with Crippen molar-refractivity contribution in [3.63, 3.8) is 0 Å². The first kappa shape index (κ1) is 15.0. The molecule has 1 aromatic rings. The third-order valence-corrected chi connectivity index (χ3v) is 2.35. The second-order valence-electron chi connectivity index (χ2n) is 4.55. The van der Waals surface area contributed by atoms with Gasteiger partial charge in [-0.1, -0.05) is 18.2 Å². The summed E-state index contributed by atoms with van der Waals surface area (Å²) in [6, 6.07) is 7.51. The van der Waals surface area contributed by atoms with Gasteiger partial charge in [0, 0.05) is 6.04 Å². The lowest BCUT2D eigenvalue weighted by Gasteiger charge is -2.10. The predicted octanol–water partition coefficient (Wildman–Crippen LogP) is 1.01. The number of carbonyl (C=O) groups excluding carboxylic acids is 2. The summed E-state index contributed by atoms with van der Waals surface area (Å²) in [5.74, 6) is 0.144. The van der Waals surface area contributed by atoms with E-state index >= 15 is 0 Å². The third-order valence-electron chi connectivity index (χ3n) is 2.35. The van der Waals surface area contributed by atoms with Crippen LogP contribution < -0.4 is 15.4 Å². The van der Waals surface area contributed by atoms with Gasteiger partial charge in [0.1, 0.15) is 5.75 Å². The number of para-hydroxylation sites is 1. The lowest BCUT2D eigenvalue weighted by Crippen LogP contribution is -2.41.